The highest BCUT2D eigenvalue weighted by Gasteiger charge is 2.07. The van der Waals surface area contributed by atoms with E-state index in [4.69, 9.17) is 10.8 Å². The Morgan fingerprint density at radius 1 is 1.33 bits per heavy atom. The van der Waals surface area contributed by atoms with E-state index in [-0.39, 0.29) is 12.6 Å². The molecule has 4 N–H and O–H groups in total. The summed E-state index contributed by atoms with van der Waals surface area (Å²) in [6, 6.07) is 8.21. The van der Waals surface area contributed by atoms with Crippen LogP contribution in [0.3, 0.4) is 0 Å². The standard InChI is InChI=1S/C12H16N2O/c13-10(5-6-15)7-9-8-14-12-4-2-1-3-11(9)12/h1-4,8,10,14-15H,5-7,13H2/t10-/m1/s1. The quantitative estimate of drug-likeness (QED) is 0.705. The first-order valence-corrected chi connectivity index (χ1v) is 5.22. The SMILES string of the molecule is N[C@H](CCO)Cc1c[nH]c2ccccc12. The van der Waals surface area contributed by atoms with Crippen LogP contribution in [0, 0.1) is 0 Å². The molecule has 0 radical (unpaired) electrons. The molecule has 3 heteroatoms. The largest absolute Gasteiger partial charge is 0.396 e. The molecule has 0 aliphatic heterocycles. The number of nitrogens with two attached hydrogens (primary N) is 1. The smallest absolute Gasteiger partial charge is 0.0456 e. The minimum Gasteiger partial charge on any atom is -0.396 e. The van der Waals surface area contributed by atoms with Crippen LogP contribution in [0.1, 0.15) is 12.0 Å². The lowest BCUT2D eigenvalue weighted by Crippen LogP contribution is -2.23. The van der Waals surface area contributed by atoms with Crippen LogP contribution in [-0.4, -0.2) is 22.7 Å². The first kappa shape index (κ1) is 10.2. The highest BCUT2D eigenvalue weighted by Crippen LogP contribution is 2.18. The minimum atomic E-state index is 0.0363. The van der Waals surface area contributed by atoms with Crippen LogP contribution < -0.4 is 5.73 Å². The number of aliphatic hydroxyl groups excluding tert-OH is 1. The van der Waals surface area contributed by atoms with Gasteiger partial charge in [-0.25, -0.2) is 0 Å². The van der Waals surface area contributed by atoms with Crippen LogP contribution in [-0.2, 0) is 6.42 Å². The normalized spacial score (nSPS) is 13.2. The van der Waals surface area contributed by atoms with Gasteiger partial charge in [0.2, 0.25) is 0 Å². The second kappa shape index (κ2) is 4.47. The third-order valence-corrected chi connectivity index (χ3v) is 2.66. The summed E-state index contributed by atoms with van der Waals surface area (Å²) in [7, 11) is 0. The third kappa shape index (κ3) is 2.19. The summed E-state index contributed by atoms with van der Waals surface area (Å²) >= 11 is 0. The van der Waals surface area contributed by atoms with Crippen molar-refractivity contribution >= 4 is 10.9 Å². The van der Waals surface area contributed by atoms with Gasteiger partial charge in [0, 0.05) is 29.7 Å². The van der Waals surface area contributed by atoms with Crippen LogP contribution in [0.2, 0.25) is 0 Å². The van der Waals surface area contributed by atoms with Crippen molar-refractivity contribution < 1.29 is 5.11 Å². The van der Waals surface area contributed by atoms with Gasteiger partial charge in [-0.05, 0) is 24.5 Å². The molecule has 0 fully saturated rings. The monoisotopic (exact) mass is 204 g/mol. The van der Waals surface area contributed by atoms with Crippen molar-refractivity contribution in [3.63, 3.8) is 0 Å². The molecule has 1 heterocycles. The Labute approximate surface area is 88.9 Å². The fraction of sp³-hybridized carbons (Fsp3) is 0.333. The summed E-state index contributed by atoms with van der Waals surface area (Å²) in [4.78, 5) is 3.22. The summed E-state index contributed by atoms with van der Waals surface area (Å²) < 4.78 is 0. The fourth-order valence-electron chi connectivity index (χ4n) is 1.85. The van der Waals surface area contributed by atoms with Gasteiger partial charge in [-0.15, -0.1) is 0 Å². The number of hydrogen-bond donors (Lipinski definition) is 3. The highest BCUT2D eigenvalue weighted by atomic mass is 16.3. The Bertz CT molecular complexity index is 436. The lowest BCUT2D eigenvalue weighted by Gasteiger charge is -2.08. The van der Waals surface area contributed by atoms with Crippen molar-refractivity contribution in [1.82, 2.24) is 4.98 Å². The van der Waals surface area contributed by atoms with E-state index < -0.39 is 0 Å². The summed E-state index contributed by atoms with van der Waals surface area (Å²) in [6.45, 7) is 0.156. The van der Waals surface area contributed by atoms with Crippen molar-refractivity contribution in [2.24, 2.45) is 5.73 Å². The highest BCUT2D eigenvalue weighted by molar-refractivity contribution is 5.83. The number of para-hydroxylation sites is 1. The summed E-state index contributed by atoms with van der Waals surface area (Å²) in [5.74, 6) is 0. The molecule has 0 saturated heterocycles. The topological polar surface area (TPSA) is 62.0 Å². The maximum atomic E-state index is 8.79. The van der Waals surface area contributed by atoms with Gasteiger partial charge in [-0.1, -0.05) is 18.2 Å². The Morgan fingerprint density at radius 3 is 2.93 bits per heavy atom. The number of rotatable bonds is 4. The molecule has 0 aliphatic rings. The Kier molecular flexibility index (Phi) is 3.04. The van der Waals surface area contributed by atoms with Crippen molar-refractivity contribution in [2.75, 3.05) is 6.61 Å². The van der Waals surface area contributed by atoms with E-state index >= 15 is 0 Å². The summed E-state index contributed by atoms with van der Waals surface area (Å²) in [5.41, 5.74) is 8.26. The van der Waals surface area contributed by atoms with Crippen molar-refractivity contribution in [3.05, 3.63) is 36.0 Å². The van der Waals surface area contributed by atoms with Gasteiger partial charge in [0.25, 0.3) is 0 Å². The predicted molar refractivity (Wildman–Crippen MR) is 61.7 cm³/mol. The first-order valence-electron chi connectivity index (χ1n) is 5.22. The van der Waals surface area contributed by atoms with Gasteiger partial charge in [-0.3, -0.25) is 0 Å². The van der Waals surface area contributed by atoms with Crippen LogP contribution in [0.25, 0.3) is 10.9 Å². The number of aromatic nitrogens is 1. The van der Waals surface area contributed by atoms with E-state index in [0.29, 0.717) is 6.42 Å². The minimum absolute atomic E-state index is 0.0363. The average Bonchev–Trinajstić information content (AvgIpc) is 2.62. The molecule has 1 atom stereocenters. The summed E-state index contributed by atoms with van der Waals surface area (Å²) in [5, 5.41) is 10.0. The lowest BCUT2D eigenvalue weighted by atomic mass is 10.0. The van der Waals surface area contributed by atoms with Gasteiger partial charge in [0.15, 0.2) is 0 Å². The van der Waals surface area contributed by atoms with Crippen LogP contribution in [0.15, 0.2) is 30.5 Å². The molecule has 80 valence electrons. The Balaban J connectivity index is 2.21. The van der Waals surface area contributed by atoms with Gasteiger partial charge >= 0.3 is 0 Å². The number of aromatic amines is 1. The summed E-state index contributed by atoms with van der Waals surface area (Å²) in [6.07, 6.45) is 3.46. The van der Waals surface area contributed by atoms with E-state index in [1.165, 1.54) is 10.9 Å². The van der Waals surface area contributed by atoms with Crippen LogP contribution in [0.4, 0.5) is 0 Å². The van der Waals surface area contributed by atoms with Gasteiger partial charge in [-0.2, -0.15) is 0 Å². The number of H-pyrrole nitrogens is 1. The van der Waals surface area contributed by atoms with Gasteiger partial charge in [0.1, 0.15) is 0 Å². The fourth-order valence-corrected chi connectivity index (χ4v) is 1.85. The zero-order valence-electron chi connectivity index (χ0n) is 8.61. The van der Waals surface area contributed by atoms with E-state index in [9.17, 15) is 0 Å². The van der Waals surface area contributed by atoms with E-state index in [1.54, 1.807) is 0 Å². The average molecular weight is 204 g/mol. The number of benzene rings is 1. The molecular formula is C12H16N2O. The molecule has 0 aliphatic carbocycles. The van der Waals surface area contributed by atoms with Gasteiger partial charge < -0.3 is 15.8 Å². The van der Waals surface area contributed by atoms with Crippen molar-refractivity contribution in [1.29, 1.82) is 0 Å². The van der Waals surface area contributed by atoms with Crippen LogP contribution in [0.5, 0.6) is 0 Å². The Hall–Kier alpha value is -1.32. The molecule has 0 bridgehead atoms. The molecule has 1 aromatic heterocycles. The third-order valence-electron chi connectivity index (χ3n) is 2.66. The van der Waals surface area contributed by atoms with Gasteiger partial charge in [0.05, 0.1) is 0 Å². The van der Waals surface area contributed by atoms with Crippen LogP contribution >= 0.6 is 0 Å². The molecule has 3 nitrogen and oxygen atoms in total. The molecule has 1 aromatic carbocycles. The van der Waals surface area contributed by atoms with E-state index in [0.717, 1.165) is 11.9 Å². The molecule has 0 saturated carbocycles. The predicted octanol–water partition coefficient (Wildman–Crippen LogP) is 1.42. The lowest BCUT2D eigenvalue weighted by molar-refractivity contribution is 0.275. The molecule has 0 unspecified atom stereocenters. The number of fused-ring (bicyclic) bond motifs is 1. The Morgan fingerprint density at radius 2 is 2.13 bits per heavy atom. The molecule has 0 spiro atoms. The first-order chi connectivity index (χ1) is 7.31. The zero-order chi connectivity index (χ0) is 10.7. The molecular weight excluding hydrogens is 188 g/mol. The van der Waals surface area contributed by atoms with Crippen molar-refractivity contribution in [2.45, 2.75) is 18.9 Å². The second-order valence-corrected chi connectivity index (χ2v) is 3.84. The van der Waals surface area contributed by atoms with Crippen molar-refractivity contribution in [3.8, 4) is 0 Å². The molecule has 2 aromatic rings. The molecule has 2 rings (SSSR count). The maximum absolute atomic E-state index is 8.79. The molecule has 15 heavy (non-hydrogen) atoms. The number of nitrogens with one attached hydrogen (secondary N) is 1. The number of aliphatic hydroxyl groups is 1. The van der Waals surface area contributed by atoms with E-state index in [2.05, 4.69) is 17.1 Å². The molecule has 0 amide bonds. The zero-order valence-corrected chi connectivity index (χ0v) is 8.61. The van der Waals surface area contributed by atoms with E-state index in [1.807, 2.05) is 18.3 Å². The second-order valence-electron chi connectivity index (χ2n) is 3.84. The number of hydrogen-bond acceptors (Lipinski definition) is 2. The maximum Gasteiger partial charge on any atom is 0.0456 e.